The largest absolute Gasteiger partial charge is 0.365 e. The third-order valence-corrected chi connectivity index (χ3v) is 10.6. The average molecular weight is 498 g/mol. The van der Waals surface area contributed by atoms with Gasteiger partial charge in [-0.3, -0.25) is 14.5 Å². The number of primary amides is 1. The summed E-state index contributed by atoms with van der Waals surface area (Å²) < 4.78 is 29.3. The number of thiophene rings is 1. The van der Waals surface area contributed by atoms with Crippen LogP contribution in [0.2, 0.25) is 0 Å². The molecule has 9 nitrogen and oxygen atoms in total. The van der Waals surface area contributed by atoms with Crippen LogP contribution in [0.25, 0.3) is 0 Å². The molecule has 1 saturated heterocycles. The Morgan fingerprint density at radius 2 is 1.76 bits per heavy atom. The molecule has 1 atom stereocenters. The quantitative estimate of drug-likeness (QED) is 0.596. The number of nitrogens with zero attached hydrogens (tertiary/aromatic N) is 3. The lowest BCUT2D eigenvalue weighted by Gasteiger charge is -2.40. The van der Waals surface area contributed by atoms with Crippen LogP contribution in [0.1, 0.15) is 66.2 Å². The number of anilines is 1. The van der Waals surface area contributed by atoms with E-state index in [0.29, 0.717) is 36.7 Å². The van der Waals surface area contributed by atoms with Gasteiger partial charge in [-0.05, 0) is 44.6 Å². The van der Waals surface area contributed by atoms with Crippen LogP contribution in [-0.4, -0.2) is 79.1 Å². The Balaban J connectivity index is 1.35. The Labute approximate surface area is 200 Å². The van der Waals surface area contributed by atoms with Crippen molar-refractivity contribution < 1.29 is 18.0 Å². The number of amides is 2. The van der Waals surface area contributed by atoms with Gasteiger partial charge in [0.25, 0.3) is 16.1 Å². The SMILES string of the molecule is CC(C(=O)Nc1sc2c(c1C(N)=O)CCC2)N1CCN(S(=O)(=O)N(C)C2CCCCC2)CC1. The summed E-state index contributed by atoms with van der Waals surface area (Å²) >= 11 is 1.45. The first-order chi connectivity index (χ1) is 15.7. The highest BCUT2D eigenvalue weighted by Gasteiger charge is 2.36. The molecule has 1 aromatic rings. The van der Waals surface area contributed by atoms with Crippen LogP contribution >= 0.6 is 11.3 Å². The van der Waals surface area contributed by atoms with E-state index in [1.165, 1.54) is 22.1 Å². The number of hydrogen-bond acceptors (Lipinski definition) is 6. The number of nitrogens with one attached hydrogen (secondary N) is 1. The molecule has 0 aromatic carbocycles. The van der Waals surface area contributed by atoms with Crippen molar-refractivity contribution in [3.05, 3.63) is 16.0 Å². The van der Waals surface area contributed by atoms with Crippen molar-refractivity contribution in [2.75, 3.05) is 38.5 Å². The van der Waals surface area contributed by atoms with Gasteiger partial charge in [-0.25, -0.2) is 0 Å². The fourth-order valence-electron chi connectivity index (χ4n) is 5.27. The molecule has 0 radical (unpaired) electrons. The van der Waals surface area contributed by atoms with Crippen LogP contribution < -0.4 is 11.1 Å². The molecular formula is C22H35N5O4S2. The number of carbonyl (C=O) groups excluding carboxylic acids is 2. The Kier molecular flexibility index (Phi) is 7.44. The van der Waals surface area contributed by atoms with E-state index in [1.807, 2.05) is 11.8 Å². The van der Waals surface area contributed by atoms with E-state index in [1.54, 1.807) is 11.4 Å². The molecule has 3 N–H and O–H groups in total. The summed E-state index contributed by atoms with van der Waals surface area (Å²) in [4.78, 5) is 28.1. The smallest absolute Gasteiger partial charge is 0.282 e. The zero-order valence-electron chi connectivity index (χ0n) is 19.5. The molecule has 1 aromatic heterocycles. The number of carbonyl (C=O) groups is 2. The molecule has 2 amide bonds. The Hall–Kier alpha value is -1.53. The number of aryl methyl sites for hydroxylation is 1. The lowest BCUT2D eigenvalue weighted by molar-refractivity contribution is -0.121. The zero-order chi connectivity index (χ0) is 23.8. The predicted molar refractivity (Wildman–Crippen MR) is 130 cm³/mol. The number of rotatable bonds is 7. The van der Waals surface area contributed by atoms with Crippen molar-refractivity contribution in [1.29, 1.82) is 0 Å². The summed E-state index contributed by atoms with van der Waals surface area (Å²) in [5.74, 6) is -0.702. The molecule has 4 rings (SSSR count). The summed E-state index contributed by atoms with van der Waals surface area (Å²) in [6.45, 7) is 3.50. The van der Waals surface area contributed by atoms with Gasteiger partial charge in [0.1, 0.15) is 5.00 Å². The Morgan fingerprint density at radius 3 is 2.39 bits per heavy atom. The maximum atomic E-state index is 13.1. The number of nitrogens with two attached hydrogens (primary N) is 1. The van der Waals surface area contributed by atoms with E-state index in [2.05, 4.69) is 5.32 Å². The fraction of sp³-hybridized carbons (Fsp3) is 0.727. The van der Waals surface area contributed by atoms with Crippen molar-refractivity contribution in [3.63, 3.8) is 0 Å². The Bertz CT molecular complexity index is 995. The van der Waals surface area contributed by atoms with Crippen molar-refractivity contribution >= 4 is 38.4 Å². The summed E-state index contributed by atoms with van der Waals surface area (Å²) in [6, 6.07) is -0.359. The van der Waals surface area contributed by atoms with Gasteiger partial charge >= 0.3 is 0 Å². The summed E-state index contributed by atoms with van der Waals surface area (Å²) in [7, 11) is -1.81. The lowest BCUT2D eigenvalue weighted by Crippen LogP contribution is -2.57. The summed E-state index contributed by atoms with van der Waals surface area (Å²) in [6.07, 6.45) is 7.93. The molecule has 2 heterocycles. The van der Waals surface area contributed by atoms with Gasteiger partial charge in [-0.1, -0.05) is 19.3 Å². The van der Waals surface area contributed by atoms with Crippen LogP contribution in [0, 0.1) is 0 Å². The van der Waals surface area contributed by atoms with Gasteiger partial charge in [-0.15, -0.1) is 11.3 Å². The lowest BCUT2D eigenvalue weighted by atomic mass is 9.96. The summed E-state index contributed by atoms with van der Waals surface area (Å²) in [5.41, 5.74) is 7.04. The number of fused-ring (bicyclic) bond motifs is 1. The highest BCUT2D eigenvalue weighted by atomic mass is 32.2. The van der Waals surface area contributed by atoms with Gasteiger partial charge < -0.3 is 11.1 Å². The van der Waals surface area contributed by atoms with Crippen LogP contribution in [0.4, 0.5) is 5.00 Å². The minimum Gasteiger partial charge on any atom is -0.365 e. The maximum absolute atomic E-state index is 13.1. The number of piperazine rings is 1. The molecule has 11 heteroatoms. The molecule has 1 aliphatic heterocycles. The normalized spacial score (nSPS) is 21.8. The first-order valence-corrected chi connectivity index (χ1v) is 14.1. The van der Waals surface area contributed by atoms with E-state index in [-0.39, 0.29) is 11.9 Å². The second-order valence-corrected chi connectivity index (χ2v) is 12.4. The predicted octanol–water partition coefficient (Wildman–Crippen LogP) is 1.79. The fourth-order valence-corrected chi connectivity index (χ4v) is 8.15. The monoisotopic (exact) mass is 497 g/mol. The van der Waals surface area contributed by atoms with E-state index in [9.17, 15) is 18.0 Å². The minimum atomic E-state index is -3.50. The highest BCUT2D eigenvalue weighted by molar-refractivity contribution is 7.86. The second kappa shape index (κ2) is 9.99. The third-order valence-electron chi connectivity index (χ3n) is 7.38. The van der Waals surface area contributed by atoms with Crippen molar-refractivity contribution in [3.8, 4) is 0 Å². The molecule has 184 valence electrons. The van der Waals surface area contributed by atoms with Crippen LogP contribution in [-0.2, 0) is 27.8 Å². The summed E-state index contributed by atoms with van der Waals surface area (Å²) in [5, 5.41) is 3.46. The van der Waals surface area contributed by atoms with Crippen LogP contribution in [0.5, 0.6) is 0 Å². The van der Waals surface area contributed by atoms with E-state index in [4.69, 9.17) is 5.73 Å². The highest BCUT2D eigenvalue weighted by Crippen LogP contribution is 2.39. The van der Waals surface area contributed by atoms with Crippen LogP contribution in [0.3, 0.4) is 0 Å². The first-order valence-electron chi connectivity index (χ1n) is 11.9. The molecule has 33 heavy (non-hydrogen) atoms. The molecule has 1 saturated carbocycles. The van der Waals surface area contributed by atoms with E-state index < -0.39 is 22.2 Å². The third kappa shape index (κ3) is 4.97. The Morgan fingerprint density at radius 1 is 1.09 bits per heavy atom. The maximum Gasteiger partial charge on any atom is 0.282 e. The molecule has 2 aliphatic carbocycles. The first kappa shape index (κ1) is 24.6. The van der Waals surface area contributed by atoms with Crippen molar-refractivity contribution in [1.82, 2.24) is 13.5 Å². The standard InChI is InChI=1S/C22H35N5O4S2/c1-15(21(29)24-22-19(20(23)28)17-9-6-10-18(17)32-22)26-11-13-27(14-12-26)33(30,31)25(2)16-7-4-3-5-8-16/h15-16H,3-14H2,1-2H3,(H2,23,28)(H,24,29). The van der Waals surface area contributed by atoms with E-state index in [0.717, 1.165) is 55.4 Å². The minimum absolute atomic E-state index is 0.0818. The van der Waals surface area contributed by atoms with Gasteiger partial charge in [0.05, 0.1) is 11.6 Å². The molecular weight excluding hydrogens is 462 g/mol. The van der Waals surface area contributed by atoms with Gasteiger partial charge in [-0.2, -0.15) is 17.0 Å². The molecule has 3 aliphatic rings. The van der Waals surface area contributed by atoms with Crippen molar-refractivity contribution in [2.24, 2.45) is 5.73 Å². The van der Waals surface area contributed by atoms with Gasteiger partial charge in [0.2, 0.25) is 5.91 Å². The zero-order valence-corrected chi connectivity index (χ0v) is 21.1. The molecule has 0 bridgehead atoms. The van der Waals surface area contributed by atoms with Gasteiger partial charge in [0.15, 0.2) is 0 Å². The second-order valence-electron chi connectivity index (χ2n) is 9.34. The molecule has 1 unspecified atom stereocenters. The molecule has 0 spiro atoms. The molecule has 2 fully saturated rings. The van der Waals surface area contributed by atoms with E-state index >= 15 is 0 Å². The van der Waals surface area contributed by atoms with Gasteiger partial charge in [0, 0.05) is 44.1 Å². The topological polar surface area (TPSA) is 116 Å². The number of hydrogen-bond donors (Lipinski definition) is 2. The average Bonchev–Trinajstić information content (AvgIpc) is 3.39. The van der Waals surface area contributed by atoms with Crippen molar-refractivity contribution in [2.45, 2.75) is 70.4 Å². The van der Waals surface area contributed by atoms with Crippen LogP contribution in [0.15, 0.2) is 0 Å².